The van der Waals surface area contributed by atoms with Crippen molar-refractivity contribution in [2.24, 2.45) is 0 Å². The van der Waals surface area contributed by atoms with Gasteiger partial charge in [0.25, 0.3) is 0 Å². The summed E-state index contributed by atoms with van der Waals surface area (Å²) in [5, 5.41) is 7.49. The van der Waals surface area contributed by atoms with Gasteiger partial charge in [0.15, 0.2) is 0 Å². The minimum Gasteiger partial charge on any atom is -0.310 e. The van der Waals surface area contributed by atoms with E-state index in [2.05, 4.69) is 313 Å². The van der Waals surface area contributed by atoms with Crippen LogP contribution in [0.2, 0.25) is 0 Å². The molecule has 0 bridgehead atoms. The first kappa shape index (κ1) is 45.8. The zero-order valence-corrected chi connectivity index (χ0v) is 43.0. The van der Waals surface area contributed by atoms with Crippen molar-refractivity contribution in [1.29, 1.82) is 0 Å². The van der Waals surface area contributed by atoms with Crippen LogP contribution in [0.5, 0.6) is 0 Å². The highest BCUT2D eigenvalue weighted by Crippen LogP contribution is 2.47. The number of nitrogens with zero attached hydrogens (tertiary/aromatic N) is 2. The Morgan fingerprint density at radius 3 is 1.05 bits per heavy atom. The van der Waals surface area contributed by atoms with Crippen LogP contribution < -0.4 is 9.80 Å². The van der Waals surface area contributed by atoms with E-state index in [1.165, 1.54) is 91.8 Å². The Labute approximate surface area is 453 Å². The summed E-state index contributed by atoms with van der Waals surface area (Å²) in [5.74, 6) is 0. The summed E-state index contributed by atoms with van der Waals surface area (Å²) in [4.78, 5) is 4.85. The summed E-state index contributed by atoms with van der Waals surface area (Å²) < 4.78 is 2.62. The molecule has 3 heteroatoms. The molecule has 0 saturated heterocycles. The van der Waals surface area contributed by atoms with Gasteiger partial charge in [-0.2, -0.15) is 0 Å². The zero-order valence-electron chi connectivity index (χ0n) is 42.2. The molecule has 0 atom stereocenters. The van der Waals surface area contributed by atoms with E-state index in [4.69, 9.17) is 0 Å². The van der Waals surface area contributed by atoms with Crippen LogP contribution in [0, 0.1) is 0 Å². The van der Waals surface area contributed by atoms with Crippen molar-refractivity contribution in [1.82, 2.24) is 0 Å². The van der Waals surface area contributed by atoms with Gasteiger partial charge in [-0.3, -0.25) is 0 Å². The van der Waals surface area contributed by atoms with Crippen LogP contribution >= 0.6 is 11.3 Å². The quantitative estimate of drug-likeness (QED) is 0.119. The predicted octanol–water partition coefficient (Wildman–Crippen LogP) is 21.6. The zero-order chi connectivity index (χ0) is 51.1. The van der Waals surface area contributed by atoms with Gasteiger partial charge >= 0.3 is 0 Å². The van der Waals surface area contributed by atoms with E-state index in [-0.39, 0.29) is 0 Å². The van der Waals surface area contributed by atoms with Gasteiger partial charge in [-0.25, -0.2) is 0 Å². The second kappa shape index (κ2) is 19.8. The van der Waals surface area contributed by atoms with E-state index in [0.29, 0.717) is 0 Å². The van der Waals surface area contributed by atoms with Crippen LogP contribution in [0.25, 0.3) is 97.4 Å². The average Bonchev–Trinajstić information content (AvgIpc) is 3.89. The smallest absolute Gasteiger partial charge is 0.0488 e. The van der Waals surface area contributed by atoms with E-state index in [1.807, 2.05) is 11.3 Å². The number of thiophene rings is 1. The maximum atomic E-state index is 2.43. The molecule has 0 unspecified atom stereocenters. The molecule has 14 rings (SSSR count). The molecule has 77 heavy (non-hydrogen) atoms. The minimum absolute atomic E-state index is 1.04. The first-order chi connectivity index (χ1) is 38.1. The second-order valence-electron chi connectivity index (χ2n) is 19.7. The lowest BCUT2D eigenvalue weighted by atomic mass is 9.92. The maximum absolute atomic E-state index is 2.43. The maximum Gasteiger partial charge on any atom is 0.0488 e. The molecule has 0 aliphatic carbocycles. The highest BCUT2D eigenvalue weighted by molar-refractivity contribution is 7.25. The van der Waals surface area contributed by atoms with Gasteiger partial charge < -0.3 is 9.80 Å². The second-order valence-corrected chi connectivity index (χ2v) is 20.8. The van der Waals surface area contributed by atoms with E-state index in [0.717, 1.165) is 39.7 Å². The Morgan fingerprint density at radius 2 is 0.558 bits per heavy atom. The first-order valence-electron chi connectivity index (χ1n) is 26.3. The molecule has 13 aromatic carbocycles. The molecule has 0 radical (unpaired) electrons. The third kappa shape index (κ3) is 8.79. The van der Waals surface area contributed by atoms with Crippen molar-refractivity contribution in [3.63, 3.8) is 0 Å². The van der Waals surface area contributed by atoms with Gasteiger partial charge in [0.05, 0.1) is 0 Å². The Bertz CT molecular complexity index is 4310. The van der Waals surface area contributed by atoms with Crippen LogP contribution in [-0.4, -0.2) is 0 Å². The van der Waals surface area contributed by atoms with Crippen LogP contribution in [0.3, 0.4) is 0 Å². The standard InChI is InChI=1S/C74H50N2S/c1-4-16-51(17-5-1)54-28-37-61(38-29-54)75(62-39-30-55(31-40-62)52-18-6-2-7-19-52)65-46-60(71-49-59-22-10-11-23-67(59)68-24-12-13-25-69(68)71)47-66(50-65)76(63-41-32-56(33-42-63)53-20-8-3-9-21-53)64-43-34-57(35-44-64)58-36-45-74-72(48-58)70-26-14-15-27-73(70)77-74/h1-50H. The van der Waals surface area contributed by atoms with Crippen molar-refractivity contribution in [3.8, 4) is 55.6 Å². The summed E-state index contributed by atoms with van der Waals surface area (Å²) in [6.45, 7) is 0. The molecule has 362 valence electrons. The van der Waals surface area contributed by atoms with Crippen LogP contribution in [0.1, 0.15) is 0 Å². The minimum atomic E-state index is 1.04. The average molecular weight is 999 g/mol. The molecular formula is C74H50N2S. The van der Waals surface area contributed by atoms with E-state index >= 15 is 0 Å². The number of anilines is 6. The highest BCUT2D eigenvalue weighted by Gasteiger charge is 2.22. The number of fused-ring (bicyclic) bond motifs is 6. The molecule has 0 fully saturated rings. The lowest BCUT2D eigenvalue weighted by molar-refractivity contribution is 1.25. The molecule has 0 amide bonds. The monoisotopic (exact) mass is 998 g/mol. The van der Waals surface area contributed by atoms with E-state index < -0.39 is 0 Å². The molecule has 0 saturated carbocycles. The summed E-state index contributed by atoms with van der Waals surface area (Å²) in [5.41, 5.74) is 18.0. The summed E-state index contributed by atoms with van der Waals surface area (Å²) in [6, 6.07) is 111. The van der Waals surface area contributed by atoms with Crippen molar-refractivity contribution in [2.75, 3.05) is 9.80 Å². The lowest BCUT2D eigenvalue weighted by Gasteiger charge is -2.31. The molecule has 0 N–H and O–H groups in total. The van der Waals surface area contributed by atoms with Crippen molar-refractivity contribution < 1.29 is 0 Å². The Morgan fingerprint density at radius 1 is 0.195 bits per heavy atom. The van der Waals surface area contributed by atoms with Gasteiger partial charge in [-0.05, 0) is 168 Å². The lowest BCUT2D eigenvalue weighted by Crippen LogP contribution is -2.14. The summed E-state index contributed by atoms with van der Waals surface area (Å²) in [6.07, 6.45) is 0. The Balaban J connectivity index is 0.988. The van der Waals surface area contributed by atoms with Crippen molar-refractivity contribution in [3.05, 3.63) is 303 Å². The normalized spacial score (nSPS) is 11.4. The summed E-state index contributed by atoms with van der Waals surface area (Å²) in [7, 11) is 0. The molecule has 0 spiro atoms. The molecule has 0 aliphatic rings. The predicted molar refractivity (Wildman–Crippen MR) is 331 cm³/mol. The molecule has 14 aromatic rings. The fourth-order valence-electron chi connectivity index (χ4n) is 11.2. The van der Waals surface area contributed by atoms with Gasteiger partial charge in [-0.1, -0.05) is 212 Å². The van der Waals surface area contributed by atoms with Gasteiger partial charge in [0.2, 0.25) is 0 Å². The van der Waals surface area contributed by atoms with Crippen LogP contribution in [0.4, 0.5) is 34.1 Å². The fourth-order valence-corrected chi connectivity index (χ4v) is 12.3. The number of benzene rings is 13. The third-order valence-corrected chi connectivity index (χ3v) is 16.2. The number of rotatable bonds is 11. The van der Waals surface area contributed by atoms with Gasteiger partial charge in [-0.15, -0.1) is 11.3 Å². The molecular weight excluding hydrogens is 949 g/mol. The van der Waals surface area contributed by atoms with Crippen LogP contribution in [0.15, 0.2) is 303 Å². The summed E-state index contributed by atoms with van der Waals surface area (Å²) >= 11 is 1.86. The van der Waals surface area contributed by atoms with Crippen molar-refractivity contribution in [2.45, 2.75) is 0 Å². The molecule has 0 aliphatic heterocycles. The fraction of sp³-hybridized carbons (Fsp3) is 0. The van der Waals surface area contributed by atoms with E-state index in [1.54, 1.807) is 0 Å². The number of hydrogen-bond donors (Lipinski definition) is 0. The number of hydrogen-bond acceptors (Lipinski definition) is 3. The highest BCUT2D eigenvalue weighted by atomic mass is 32.1. The third-order valence-electron chi connectivity index (χ3n) is 15.0. The molecule has 1 heterocycles. The van der Waals surface area contributed by atoms with Crippen LogP contribution in [-0.2, 0) is 0 Å². The molecule has 2 nitrogen and oxygen atoms in total. The largest absolute Gasteiger partial charge is 0.310 e. The Kier molecular flexibility index (Phi) is 11.8. The Hall–Kier alpha value is -9.80. The molecule has 1 aromatic heterocycles. The first-order valence-corrected chi connectivity index (χ1v) is 27.1. The van der Waals surface area contributed by atoms with Gasteiger partial charge in [0, 0.05) is 54.3 Å². The van der Waals surface area contributed by atoms with Crippen molar-refractivity contribution >= 4 is 87.2 Å². The SMILES string of the molecule is c1ccc(-c2ccc(N(c3ccc(-c4ccccc4)cc3)c3cc(-c4cc5ccccc5c5ccccc45)cc(N(c4ccc(-c5ccccc5)cc4)c4ccc(-c5ccc6sc7ccccc7c6c5)cc4)c3)cc2)cc1. The van der Waals surface area contributed by atoms with Gasteiger partial charge in [0.1, 0.15) is 0 Å². The van der Waals surface area contributed by atoms with E-state index in [9.17, 15) is 0 Å². The topological polar surface area (TPSA) is 6.48 Å².